The summed E-state index contributed by atoms with van der Waals surface area (Å²) in [6.07, 6.45) is -0.550. The Kier molecular flexibility index (Phi) is 10.4. The first-order valence-corrected chi connectivity index (χ1v) is 20.0. The Morgan fingerprint density at radius 2 is 1.47 bits per heavy atom. The third-order valence-corrected chi connectivity index (χ3v) is 10.3. The first-order valence-electron chi connectivity index (χ1n) is 22.5. The van der Waals surface area contributed by atoms with Gasteiger partial charge in [0.05, 0.1) is 22.4 Å². The Balaban J connectivity index is 0.000000219. The third-order valence-electron chi connectivity index (χ3n) is 10.3. The van der Waals surface area contributed by atoms with E-state index in [-0.39, 0.29) is 31.2 Å². The molecule has 0 saturated heterocycles. The van der Waals surface area contributed by atoms with Crippen LogP contribution >= 0.6 is 0 Å². The van der Waals surface area contributed by atoms with E-state index in [1.807, 2.05) is 30.3 Å². The van der Waals surface area contributed by atoms with E-state index in [1.165, 1.54) is 28.6 Å². The molecule has 0 bridgehead atoms. The molecular formula is C54H51IrN3O-2. The number of para-hydroxylation sites is 3. The van der Waals surface area contributed by atoms with Crippen LogP contribution < -0.4 is 0 Å². The fraction of sp³-hybridized carbons (Fsp3) is 0.222. The SMILES string of the molecule is CC(C)c1cccc(C(C)C)c1-n1c(-c2[c-]ccc3c2oc2cc(-c4ccccc4)ccc23)nc2ccccc21.[2H]C([2H])([2H])c1cnc(-c2[c-]cccc2)cc1C([2H])([2H])C(C)(C)C.[Ir]. The van der Waals surface area contributed by atoms with Gasteiger partial charge < -0.3 is 14.0 Å². The van der Waals surface area contributed by atoms with Crippen molar-refractivity contribution in [3.8, 4) is 39.5 Å². The summed E-state index contributed by atoms with van der Waals surface area (Å²) in [5.74, 6) is 1.55. The first-order chi connectivity index (χ1) is 30.0. The van der Waals surface area contributed by atoms with Crippen molar-refractivity contribution in [3.05, 3.63) is 174 Å². The van der Waals surface area contributed by atoms with Crippen LogP contribution in [-0.2, 0) is 26.5 Å². The summed E-state index contributed by atoms with van der Waals surface area (Å²) in [5, 5.41) is 2.17. The zero-order valence-corrected chi connectivity index (χ0v) is 36.9. The number of aromatic nitrogens is 3. The van der Waals surface area contributed by atoms with Gasteiger partial charge in [-0.3, -0.25) is 4.98 Å². The number of rotatable bonds is 7. The van der Waals surface area contributed by atoms with Crippen LogP contribution in [0.1, 0.15) is 89.4 Å². The third kappa shape index (κ3) is 8.60. The Bertz CT molecular complexity index is 3050. The molecule has 3 heterocycles. The van der Waals surface area contributed by atoms with Crippen LogP contribution in [0.4, 0.5) is 0 Å². The molecule has 0 amide bonds. The first kappa shape index (κ1) is 35.3. The van der Waals surface area contributed by atoms with Crippen LogP contribution in [0.25, 0.3) is 72.4 Å². The van der Waals surface area contributed by atoms with Crippen LogP contribution in [0.5, 0.6) is 0 Å². The summed E-state index contributed by atoms with van der Waals surface area (Å²) in [6.45, 7) is 11.9. The average molecular weight is 955 g/mol. The van der Waals surface area contributed by atoms with E-state index in [4.69, 9.17) is 16.3 Å². The van der Waals surface area contributed by atoms with Gasteiger partial charge in [-0.2, -0.15) is 0 Å². The molecule has 0 aliphatic carbocycles. The molecule has 9 rings (SSSR count). The zero-order chi connectivity index (χ0) is 44.8. The molecule has 5 heteroatoms. The molecule has 59 heavy (non-hydrogen) atoms. The molecule has 0 unspecified atom stereocenters. The number of aryl methyl sites for hydroxylation is 1. The van der Waals surface area contributed by atoms with E-state index in [2.05, 4.69) is 140 Å². The monoisotopic (exact) mass is 955 g/mol. The van der Waals surface area contributed by atoms with Gasteiger partial charge in [-0.1, -0.05) is 144 Å². The molecule has 9 aromatic rings. The van der Waals surface area contributed by atoms with E-state index in [1.54, 1.807) is 32.9 Å². The smallest absolute Gasteiger partial charge is 0.121 e. The fourth-order valence-corrected chi connectivity index (χ4v) is 7.57. The number of hydrogen-bond donors (Lipinski definition) is 0. The van der Waals surface area contributed by atoms with E-state index in [0.29, 0.717) is 23.1 Å². The second kappa shape index (κ2) is 17.3. The number of imidazole rings is 1. The zero-order valence-electron chi connectivity index (χ0n) is 39.5. The Morgan fingerprint density at radius 1 is 0.746 bits per heavy atom. The van der Waals surface area contributed by atoms with Gasteiger partial charge in [0.1, 0.15) is 5.58 Å². The number of fused-ring (bicyclic) bond motifs is 4. The van der Waals surface area contributed by atoms with Crippen molar-refractivity contribution < 1.29 is 31.4 Å². The molecule has 0 N–H and O–H groups in total. The number of nitrogens with zero attached hydrogens (tertiary/aromatic N) is 3. The van der Waals surface area contributed by atoms with Crippen molar-refractivity contribution in [1.29, 1.82) is 0 Å². The normalized spacial score (nSPS) is 13.3. The van der Waals surface area contributed by atoms with Gasteiger partial charge >= 0.3 is 0 Å². The van der Waals surface area contributed by atoms with Crippen LogP contribution in [0.2, 0.25) is 0 Å². The fourth-order valence-electron chi connectivity index (χ4n) is 7.57. The van der Waals surface area contributed by atoms with E-state index in [0.717, 1.165) is 49.9 Å². The van der Waals surface area contributed by atoms with E-state index in [9.17, 15) is 0 Å². The molecule has 1 radical (unpaired) electrons. The molecule has 6 aromatic carbocycles. The van der Waals surface area contributed by atoms with Crippen LogP contribution in [0.3, 0.4) is 0 Å². The molecule has 0 saturated carbocycles. The molecule has 0 atom stereocenters. The van der Waals surface area contributed by atoms with Crippen molar-refractivity contribution in [2.75, 3.05) is 0 Å². The Morgan fingerprint density at radius 3 is 2.17 bits per heavy atom. The summed E-state index contributed by atoms with van der Waals surface area (Å²) in [7, 11) is 0. The quantitative estimate of drug-likeness (QED) is 0.150. The molecule has 0 aliphatic rings. The summed E-state index contributed by atoms with van der Waals surface area (Å²) >= 11 is 0. The van der Waals surface area contributed by atoms with Crippen molar-refractivity contribution in [2.45, 2.75) is 73.5 Å². The minimum absolute atomic E-state index is 0. The molecule has 0 fully saturated rings. The second-order valence-electron chi connectivity index (χ2n) is 16.4. The molecule has 4 nitrogen and oxygen atoms in total. The number of pyridine rings is 1. The van der Waals surface area contributed by atoms with Gasteiger partial charge in [0.2, 0.25) is 0 Å². The van der Waals surface area contributed by atoms with Crippen molar-refractivity contribution >= 4 is 33.0 Å². The van der Waals surface area contributed by atoms with Crippen molar-refractivity contribution in [3.63, 3.8) is 0 Å². The van der Waals surface area contributed by atoms with Gasteiger partial charge in [0.25, 0.3) is 0 Å². The summed E-state index contributed by atoms with van der Waals surface area (Å²) in [4.78, 5) is 9.43. The van der Waals surface area contributed by atoms with Crippen LogP contribution in [0, 0.1) is 24.4 Å². The number of benzene rings is 6. The maximum absolute atomic E-state index is 8.48. The molecule has 0 spiro atoms. The molecular weight excluding hydrogens is 899 g/mol. The Labute approximate surface area is 369 Å². The maximum Gasteiger partial charge on any atom is 0.121 e. The number of hydrogen-bond acceptors (Lipinski definition) is 3. The number of furan rings is 1. The summed E-state index contributed by atoms with van der Waals surface area (Å²) in [6, 6.07) is 51.4. The molecule has 0 aliphatic heterocycles. The summed E-state index contributed by atoms with van der Waals surface area (Å²) < 4.78 is 49.0. The van der Waals surface area contributed by atoms with Gasteiger partial charge in [-0.25, -0.2) is 0 Å². The average Bonchev–Trinajstić information content (AvgIpc) is 3.84. The van der Waals surface area contributed by atoms with Crippen molar-refractivity contribution in [2.24, 2.45) is 5.41 Å². The maximum atomic E-state index is 8.48. The van der Waals surface area contributed by atoms with E-state index < -0.39 is 18.6 Å². The predicted molar refractivity (Wildman–Crippen MR) is 243 cm³/mol. The van der Waals surface area contributed by atoms with Gasteiger partial charge in [0, 0.05) is 44.2 Å². The molecule has 299 valence electrons. The molecule has 3 aromatic heterocycles. The van der Waals surface area contributed by atoms with Crippen LogP contribution in [-0.4, -0.2) is 14.5 Å². The second-order valence-corrected chi connectivity index (χ2v) is 16.4. The summed E-state index contributed by atoms with van der Waals surface area (Å²) in [5.41, 5.74) is 11.3. The van der Waals surface area contributed by atoms with Crippen LogP contribution in [0.15, 0.2) is 144 Å². The predicted octanol–water partition coefficient (Wildman–Crippen LogP) is 14.7. The Hall–Kier alpha value is -5.61. The standard InChI is InChI=1S/C37H31N2O.C17H20N.Ir/c1-23(2)27-14-10-15-28(24(3)4)35(27)39-33-19-9-8-18-32(33)38-37(39)31-17-11-16-30-29-21-20-26(22-34(29)40-36(30)31)25-12-6-5-7-13-25;1-13-12-18-16(14-8-6-5-7-9-14)10-15(13)11-17(2,3)4;/h5-16,18-24H,1-4H3;5-8,10,12H,11H2,1-4H3;/q2*-1;/i;1D3,11D2;. The van der Waals surface area contributed by atoms with Gasteiger partial charge in [0.15, 0.2) is 0 Å². The van der Waals surface area contributed by atoms with E-state index >= 15 is 0 Å². The van der Waals surface area contributed by atoms with Gasteiger partial charge in [-0.15, -0.1) is 54.1 Å². The van der Waals surface area contributed by atoms with Gasteiger partial charge in [-0.05, 0) is 82.2 Å². The van der Waals surface area contributed by atoms with Crippen molar-refractivity contribution in [1.82, 2.24) is 14.5 Å². The topological polar surface area (TPSA) is 43.9 Å². The minimum atomic E-state index is -2.42. The minimum Gasteiger partial charge on any atom is -0.501 e. The largest absolute Gasteiger partial charge is 0.501 e.